The number of carbonyl (C=O) groups excluding carboxylic acids is 1. The minimum absolute atomic E-state index is 0.140. The predicted molar refractivity (Wildman–Crippen MR) is 90.7 cm³/mol. The standard InChI is InChI=1S/C16H19N3O4S/c1-11-5-6-13(16(20)17-15-9-12(2)23-18-15)10-14(11)19-7-3-4-8-24(19,21)22/h5-6,9-10H,3-4,7-8H2,1-2H3,(H,17,18,20). The summed E-state index contributed by atoms with van der Waals surface area (Å²) >= 11 is 0. The summed E-state index contributed by atoms with van der Waals surface area (Å²) in [6.45, 7) is 4.01. The number of amides is 1. The van der Waals surface area contributed by atoms with Gasteiger partial charge in [-0.1, -0.05) is 11.2 Å². The summed E-state index contributed by atoms with van der Waals surface area (Å²) in [7, 11) is -3.32. The van der Waals surface area contributed by atoms with Crippen LogP contribution in [0.4, 0.5) is 11.5 Å². The molecule has 1 N–H and O–H groups in total. The van der Waals surface area contributed by atoms with Gasteiger partial charge in [-0.3, -0.25) is 9.10 Å². The van der Waals surface area contributed by atoms with E-state index >= 15 is 0 Å². The maximum atomic E-state index is 12.4. The van der Waals surface area contributed by atoms with E-state index in [1.807, 2.05) is 6.92 Å². The highest BCUT2D eigenvalue weighted by Crippen LogP contribution is 2.28. The summed E-state index contributed by atoms with van der Waals surface area (Å²) in [5.74, 6) is 0.694. The average Bonchev–Trinajstić information content (AvgIpc) is 2.93. The molecular weight excluding hydrogens is 330 g/mol. The van der Waals surface area contributed by atoms with Crippen LogP contribution >= 0.6 is 0 Å². The molecule has 1 saturated heterocycles. The lowest BCUT2D eigenvalue weighted by molar-refractivity contribution is 0.102. The predicted octanol–water partition coefficient (Wildman–Crippen LogP) is 2.47. The Hall–Kier alpha value is -2.35. The number of benzene rings is 1. The SMILES string of the molecule is Cc1cc(NC(=O)c2ccc(C)c(N3CCCCS3(=O)=O)c2)no1. The second kappa shape index (κ2) is 6.27. The van der Waals surface area contributed by atoms with Gasteiger partial charge in [0.1, 0.15) is 5.76 Å². The molecule has 2 aromatic rings. The zero-order chi connectivity index (χ0) is 17.3. The molecule has 7 nitrogen and oxygen atoms in total. The molecule has 2 heterocycles. The van der Waals surface area contributed by atoms with Gasteiger partial charge in [-0.2, -0.15) is 0 Å². The van der Waals surface area contributed by atoms with Gasteiger partial charge < -0.3 is 9.84 Å². The second-order valence-electron chi connectivity index (χ2n) is 5.87. The molecule has 3 rings (SSSR count). The van der Waals surface area contributed by atoms with Crippen molar-refractivity contribution in [3.05, 3.63) is 41.2 Å². The van der Waals surface area contributed by atoms with Crippen molar-refractivity contribution in [1.82, 2.24) is 5.16 Å². The zero-order valence-corrected chi connectivity index (χ0v) is 14.4. The van der Waals surface area contributed by atoms with Crippen molar-refractivity contribution >= 4 is 27.4 Å². The molecule has 0 spiro atoms. The highest BCUT2D eigenvalue weighted by Gasteiger charge is 2.27. The number of rotatable bonds is 3. The number of hydrogen-bond donors (Lipinski definition) is 1. The lowest BCUT2D eigenvalue weighted by atomic mass is 10.1. The maximum absolute atomic E-state index is 12.4. The Morgan fingerprint density at radius 1 is 1.25 bits per heavy atom. The Labute approximate surface area is 140 Å². The molecule has 24 heavy (non-hydrogen) atoms. The molecular formula is C16H19N3O4S. The van der Waals surface area contributed by atoms with Gasteiger partial charge in [-0.05, 0) is 44.4 Å². The van der Waals surface area contributed by atoms with Crippen LogP contribution in [0.5, 0.6) is 0 Å². The fraction of sp³-hybridized carbons (Fsp3) is 0.375. The first-order valence-electron chi connectivity index (χ1n) is 7.72. The van der Waals surface area contributed by atoms with E-state index in [4.69, 9.17) is 4.52 Å². The van der Waals surface area contributed by atoms with Gasteiger partial charge in [0.25, 0.3) is 5.91 Å². The van der Waals surface area contributed by atoms with Crippen molar-refractivity contribution < 1.29 is 17.7 Å². The third kappa shape index (κ3) is 3.28. The van der Waals surface area contributed by atoms with Crippen molar-refractivity contribution in [2.75, 3.05) is 21.9 Å². The van der Waals surface area contributed by atoms with Crippen LogP contribution in [-0.2, 0) is 10.0 Å². The van der Waals surface area contributed by atoms with E-state index in [9.17, 15) is 13.2 Å². The van der Waals surface area contributed by atoms with Gasteiger partial charge in [0.2, 0.25) is 10.0 Å². The summed E-state index contributed by atoms with van der Waals surface area (Å²) in [5, 5.41) is 6.36. The molecule has 1 aromatic heterocycles. The lowest BCUT2D eigenvalue weighted by Gasteiger charge is -2.29. The summed E-state index contributed by atoms with van der Waals surface area (Å²) in [5.41, 5.74) is 1.74. The van der Waals surface area contributed by atoms with Gasteiger partial charge in [-0.25, -0.2) is 8.42 Å². The van der Waals surface area contributed by atoms with Crippen LogP contribution in [0.1, 0.15) is 34.5 Å². The summed E-state index contributed by atoms with van der Waals surface area (Å²) < 4.78 is 30.9. The van der Waals surface area contributed by atoms with E-state index < -0.39 is 10.0 Å². The van der Waals surface area contributed by atoms with Gasteiger partial charge in [0.15, 0.2) is 5.82 Å². The van der Waals surface area contributed by atoms with Crippen LogP contribution < -0.4 is 9.62 Å². The van der Waals surface area contributed by atoms with Gasteiger partial charge in [-0.15, -0.1) is 0 Å². The third-order valence-electron chi connectivity index (χ3n) is 3.96. The smallest absolute Gasteiger partial charge is 0.256 e. The van der Waals surface area contributed by atoms with Crippen LogP contribution in [0.3, 0.4) is 0 Å². The number of nitrogens with zero attached hydrogens (tertiary/aromatic N) is 2. The number of nitrogens with one attached hydrogen (secondary N) is 1. The van der Waals surface area contributed by atoms with Crippen molar-refractivity contribution in [3.63, 3.8) is 0 Å². The molecule has 0 unspecified atom stereocenters. The van der Waals surface area contributed by atoms with Gasteiger partial charge >= 0.3 is 0 Å². The first-order valence-corrected chi connectivity index (χ1v) is 9.33. The average molecular weight is 349 g/mol. The lowest BCUT2D eigenvalue weighted by Crippen LogP contribution is -2.38. The number of anilines is 2. The van der Waals surface area contributed by atoms with Crippen molar-refractivity contribution in [3.8, 4) is 0 Å². The maximum Gasteiger partial charge on any atom is 0.256 e. The molecule has 0 saturated carbocycles. The third-order valence-corrected chi connectivity index (χ3v) is 5.81. The summed E-state index contributed by atoms with van der Waals surface area (Å²) in [6.07, 6.45) is 1.48. The molecule has 0 atom stereocenters. The minimum atomic E-state index is -3.32. The Morgan fingerprint density at radius 3 is 2.71 bits per heavy atom. The van der Waals surface area contributed by atoms with E-state index in [0.717, 1.165) is 12.0 Å². The minimum Gasteiger partial charge on any atom is -0.360 e. The van der Waals surface area contributed by atoms with Crippen molar-refractivity contribution in [2.45, 2.75) is 26.7 Å². The van der Waals surface area contributed by atoms with Crippen LogP contribution in [0.2, 0.25) is 0 Å². The molecule has 1 amide bonds. The molecule has 0 radical (unpaired) electrons. The van der Waals surface area contributed by atoms with Crippen LogP contribution in [0.25, 0.3) is 0 Å². The normalized spacial score (nSPS) is 16.8. The van der Waals surface area contributed by atoms with E-state index in [0.29, 0.717) is 35.8 Å². The molecule has 8 heteroatoms. The second-order valence-corrected chi connectivity index (χ2v) is 7.89. The summed E-state index contributed by atoms with van der Waals surface area (Å²) in [4.78, 5) is 12.4. The number of aryl methyl sites for hydroxylation is 2. The van der Waals surface area contributed by atoms with E-state index in [1.54, 1.807) is 31.2 Å². The molecule has 1 aliphatic rings. The Kier molecular flexibility index (Phi) is 4.31. The number of sulfonamides is 1. The molecule has 128 valence electrons. The van der Waals surface area contributed by atoms with Crippen molar-refractivity contribution in [1.29, 1.82) is 0 Å². The molecule has 1 aromatic carbocycles. The van der Waals surface area contributed by atoms with Crippen LogP contribution in [-0.4, -0.2) is 31.8 Å². The summed E-state index contributed by atoms with van der Waals surface area (Å²) in [6, 6.07) is 6.64. The first-order chi connectivity index (χ1) is 11.4. The van der Waals surface area contributed by atoms with Crippen LogP contribution in [0, 0.1) is 13.8 Å². The Bertz CT molecular complexity index is 873. The highest BCUT2D eigenvalue weighted by atomic mass is 32.2. The van der Waals surface area contributed by atoms with Gasteiger partial charge in [0.05, 0.1) is 11.4 Å². The van der Waals surface area contributed by atoms with E-state index in [1.165, 1.54) is 4.31 Å². The Balaban J connectivity index is 1.89. The van der Waals surface area contributed by atoms with Crippen LogP contribution in [0.15, 0.2) is 28.8 Å². The quantitative estimate of drug-likeness (QED) is 0.919. The van der Waals surface area contributed by atoms with Gasteiger partial charge in [0, 0.05) is 18.2 Å². The molecule has 0 aliphatic carbocycles. The van der Waals surface area contributed by atoms with E-state index in [2.05, 4.69) is 10.5 Å². The number of hydrogen-bond acceptors (Lipinski definition) is 5. The van der Waals surface area contributed by atoms with Crippen molar-refractivity contribution in [2.24, 2.45) is 0 Å². The molecule has 1 aliphatic heterocycles. The zero-order valence-electron chi connectivity index (χ0n) is 13.6. The monoisotopic (exact) mass is 349 g/mol. The fourth-order valence-corrected chi connectivity index (χ4v) is 4.39. The fourth-order valence-electron chi connectivity index (χ4n) is 2.69. The molecule has 0 bridgehead atoms. The Morgan fingerprint density at radius 2 is 2.04 bits per heavy atom. The first kappa shape index (κ1) is 16.5. The number of aromatic nitrogens is 1. The largest absolute Gasteiger partial charge is 0.360 e. The molecule has 1 fully saturated rings. The number of carbonyl (C=O) groups is 1. The van der Waals surface area contributed by atoms with E-state index in [-0.39, 0.29) is 11.7 Å². The highest BCUT2D eigenvalue weighted by molar-refractivity contribution is 7.92. The topological polar surface area (TPSA) is 92.5 Å².